The molecule has 0 heterocycles. The van der Waals surface area contributed by atoms with Crippen LogP contribution in [-0.2, 0) is 9.53 Å². The van der Waals surface area contributed by atoms with Crippen LogP contribution >= 0.6 is 11.8 Å². The lowest BCUT2D eigenvalue weighted by molar-refractivity contribution is -0.141. The molecule has 0 fully saturated rings. The predicted molar refractivity (Wildman–Crippen MR) is 75.3 cm³/mol. The van der Waals surface area contributed by atoms with E-state index in [1.165, 1.54) is 52.1 Å². The van der Waals surface area contributed by atoms with Crippen LogP contribution in [0.5, 0.6) is 0 Å². The number of unbranched alkanes of at least 4 members (excludes halogenated alkanes) is 6. The topological polar surface area (TPSA) is 52.3 Å². The first-order valence-electron chi connectivity index (χ1n) is 6.63. The van der Waals surface area contributed by atoms with Gasteiger partial charge in [0.15, 0.2) is 0 Å². The molecule has 0 aliphatic rings. The third-order valence-corrected chi connectivity index (χ3v) is 3.87. The van der Waals surface area contributed by atoms with E-state index in [4.69, 9.17) is 5.73 Å². The number of carbonyl (C=O) groups excluding carboxylic acids is 1. The standard InChI is InChI=1S/C13H27NO2S/c1-3-4-5-6-7-8-9-10-17-11-12(14)13(15)16-2/h12H,3-11,14H2,1-2H3. The maximum atomic E-state index is 11.0. The lowest BCUT2D eigenvalue weighted by Gasteiger charge is -2.08. The summed E-state index contributed by atoms with van der Waals surface area (Å²) in [5.74, 6) is 1.46. The fraction of sp³-hybridized carbons (Fsp3) is 0.923. The van der Waals surface area contributed by atoms with Crippen LogP contribution in [0.15, 0.2) is 0 Å². The Hall–Kier alpha value is -0.220. The molecule has 2 N–H and O–H groups in total. The minimum absolute atomic E-state index is 0.308. The zero-order chi connectivity index (χ0) is 12.9. The summed E-state index contributed by atoms with van der Waals surface area (Å²) in [5.41, 5.74) is 5.63. The Morgan fingerprint density at radius 3 is 2.35 bits per heavy atom. The van der Waals surface area contributed by atoms with E-state index in [1.807, 2.05) is 0 Å². The van der Waals surface area contributed by atoms with Crippen LogP contribution in [0.2, 0.25) is 0 Å². The molecular formula is C13H27NO2S. The highest BCUT2D eigenvalue weighted by Crippen LogP contribution is 2.11. The Morgan fingerprint density at radius 1 is 1.18 bits per heavy atom. The summed E-state index contributed by atoms with van der Waals surface area (Å²) < 4.78 is 4.57. The van der Waals surface area contributed by atoms with Crippen LogP contribution in [0, 0.1) is 0 Å². The number of rotatable bonds is 11. The molecule has 0 aliphatic carbocycles. The first kappa shape index (κ1) is 16.8. The van der Waals surface area contributed by atoms with Gasteiger partial charge in [0.1, 0.15) is 6.04 Å². The van der Waals surface area contributed by atoms with E-state index in [-0.39, 0.29) is 5.97 Å². The summed E-state index contributed by atoms with van der Waals surface area (Å²) in [5, 5.41) is 0. The van der Waals surface area contributed by atoms with E-state index >= 15 is 0 Å². The largest absolute Gasteiger partial charge is 0.468 e. The zero-order valence-electron chi connectivity index (χ0n) is 11.2. The fourth-order valence-electron chi connectivity index (χ4n) is 1.59. The molecule has 3 nitrogen and oxygen atoms in total. The second-order valence-corrected chi connectivity index (χ2v) is 5.48. The van der Waals surface area contributed by atoms with Gasteiger partial charge in [0.2, 0.25) is 0 Å². The number of methoxy groups -OCH3 is 1. The highest BCUT2D eigenvalue weighted by Gasteiger charge is 2.12. The van der Waals surface area contributed by atoms with Crippen LogP contribution in [0.4, 0.5) is 0 Å². The van der Waals surface area contributed by atoms with Gasteiger partial charge in [0.05, 0.1) is 7.11 Å². The van der Waals surface area contributed by atoms with Gasteiger partial charge in [0.25, 0.3) is 0 Å². The maximum absolute atomic E-state index is 11.0. The highest BCUT2D eigenvalue weighted by atomic mass is 32.2. The molecule has 0 radical (unpaired) electrons. The Kier molecular flexibility index (Phi) is 12.1. The molecule has 0 bridgehead atoms. The zero-order valence-corrected chi connectivity index (χ0v) is 12.1. The van der Waals surface area contributed by atoms with Crippen LogP contribution in [0.25, 0.3) is 0 Å². The summed E-state index contributed by atoms with van der Waals surface area (Å²) in [6.45, 7) is 2.24. The number of esters is 1. The molecule has 0 aliphatic heterocycles. The number of thioether (sulfide) groups is 1. The number of hydrogen-bond donors (Lipinski definition) is 1. The van der Waals surface area contributed by atoms with E-state index in [2.05, 4.69) is 11.7 Å². The normalized spacial score (nSPS) is 12.4. The van der Waals surface area contributed by atoms with Gasteiger partial charge in [-0.05, 0) is 12.2 Å². The van der Waals surface area contributed by atoms with Crippen LogP contribution in [0.1, 0.15) is 51.9 Å². The van der Waals surface area contributed by atoms with Gasteiger partial charge in [0, 0.05) is 5.75 Å². The summed E-state index contributed by atoms with van der Waals surface area (Å²) in [4.78, 5) is 11.0. The van der Waals surface area contributed by atoms with Crippen molar-refractivity contribution >= 4 is 17.7 Å². The smallest absolute Gasteiger partial charge is 0.323 e. The maximum Gasteiger partial charge on any atom is 0.323 e. The molecule has 0 spiro atoms. The average molecular weight is 261 g/mol. The number of nitrogens with two attached hydrogens (primary N) is 1. The summed E-state index contributed by atoms with van der Waals surface area (Å²) in [6, 6.07) is -0.463. The van der Waals surface area contributed by atoms with Crippen molar-refractivity contribution in [2.75, 3.05) is 18.6 Å². The Morgan fingerprint density at radius 2 is 1.76 bits per heavy atom. The van der Waals surface area contributed by atoms with Crippen molar-refractivity contribution < 1.29 is 9.53 Å². The fourth-order valence-corrected chi connectivity index (χ4v) is 2.56. The van der Waals surface area contributed by atoms with Gasteiger partial charge in [-0.2, -0.15) is 11.8 Å². The van der Waals surface area contributed by atoms with Crippen LogP contribution in [0.3, 0.4) is 0 Å². The van der Waals surface area contributed by atoms with Gasteiger partial charge in [-0.15, -0.1) is 0 Å². The average Bonchev–Trinajstić information content (AvgIpc) is 2.35. The van der Waals surface area contributed by atoms with Crippen molar-refractivity contribution in [1.82, 2.24) is 0 Å². The molecule has 0 amide bonds. The van der Waals surface area contributed by atoms with Crippen LogP contribution < -0.4 is 5.73 Å². The molecule has 0 aromatic carbocycles. The summed E-state index contributed by atoms with van der Waals surface area (Å²) >= 11 is 1.75. The highest BCUT2D eigenvalue weighted by molar-refractivity contribution is 7.99. The first-order chi connectivity index (χ1) is 8.22. The molecule has 1 unspecified atom stereocenters. The minimum atomic E-state index is -0.463. The second-order valence-electron chi connectivity index (χ2n) is 4.33. The molecule has 0 aromatic heterocycles. The molecule has 0 aromatic rings. The monoisotopic (exact) mass is 261 g/mol. The molecular weight excluding hydrogens is 234 g/mol. The van der Waals surface area contributed by atoms with Crippen molar-refractivity contribution in [3.05, 3.63) is 0 Å². The minimum Gasteiger partial charge on any atom is -0.468 e. The molecule has 1 atom stereocenters. The first-order valence-corrected chi connectivity index (χ1v) is 7.79. The van der Waals surface area contributed by atoms with Crippen molar-refractivity contribution in [3.8, 4) is 0 Å². The van der Waals surface area contributed by atoms with E-state index in [9.17, 15) is 4.79 Å². The van der Waals surface area contributed by atoms with Gasteiger partial charge >= 0.3 is 5.97 Å². The van der Waals surface area contributed by atoms with Gasteiger partial charge in [-0.1, -0.05) is 45.4 Å². The SMILES string of the molecule is CCCCCCCCCSCC(N)C(=O)OC. The number of carbonyl (C=O) groups is 1. The van der Waals surface area contributed by atoms with Crippen molar-refractivity contribution in [2.45, 2.75) is 57.9 Å². The Bertz CT molecular complexity index is 188. The Labute approximate surface area is 110 Å². The lowest BCUT2D eigenvalue weighted by atomic mass is 10.1. The lowest BCUT2D eigenvalue weighted by Crippen LogP contribution is -2.33. The molecule has 17 heavy (non-hydrogen) atoms. The predicted octanol–water partition coefficient (Wildman–Crippen LogP) is 2.97. The molecule has 0 saturated heterocycles. The number of hydrogen-bond acceptors (Lipinski definition) is 4. The molecule has 0 rings (SSSR count). The second kappa shape index (κ2) is 12.2. The summed E-state index contributed by atoms with van der Waals surface area (Å²) in [6.07, 6.45) is 9.26. The third kappa shape index (κ3) is 10.6. The van der Waals surface area contributed by atoms with Crippen LogP contribution in [-0.4, -0.2) is 30.6 Å². The van der Waals surface area contributed by atoms with Gasteiger partial charge < -0.3 is 10.5 Å². The molecule has 4 heteroatoms. The quantitative estimate of drug-likeness (QED) is 0.459. The molecule has 102 valence electrons. The van der Waals surface area contributed by atoms with E-state index in [0.29, 0.717) is 5.75 Å². The van der Waals surface area contributed by atoms with Crippen molar-refractivity contribution in [3.63, 3.8) is 0 Å². The van der Waals surface area contributed by atoms with E-state index < -0.39 is 6.04 Å². The van der Waals surface area contributed by atoms with Crippen molar-refractivity contribution in [2.24, 2.45) is 5.73 Å². The summed E-state index contributed by atoms with van der Waals surface area (Å²) in [7, 11) is 1.38. The van der Waals surface area contributed by atoms with Crippen molar-refractivity contribution in [1.29, 1.82) is 0 Å². The Balaban J connectivity index is 3.15. The van der Waals surface area contributed by atoms with Gasteiger partial charge in [-0.25, -0.2) is 0 Å². The van der Waals surface area contributed by atoms with E-state index in [1.54, 1.807) is 11.8 Å². The third-order valence-electron chi connectivity index (χ3n) is 2.69. The van der Waals surface area contributed by atoms with E-state index in [0.717, 1.165) is 5.75 Å². The molecule has 0 saturated carbocycles. The van der Waals surface area contributed by atoms with Gasteiger partial charge in [-0.3, -0.25) is 4.79 Å². The number of ether oxygens (including phenoxy) is 1.